The maximum Gasteiger partial charge on any atom is 0.193 e. The number of benzene rings is 2. The van der Waals surface area contributed by atoms with Gasteiger partial charge in [0.05, 0.1) is 20.8 Å². The van der Waals surface area contributed by atoms with Crippen LogP contribution in [0.4, 0.5) is 5.69 Å². The van der Waals surface area contributed by atoms with Gasteiger partial charge in [-0.05, 0) is 30.5 Å². The molecule has 0 unspecified atom stereocenters. The van der Waals surface area contributed by atoms with Crippen molar-refractivity contribution < 1.29 is 9.47 Å². The molecule has 0 spiro atoms. The molecule has 0 bridgehead atoms. The zero-order valence-electron chi connectivity index (χ0n) is 14.1. The Labute approximate surface area is 142 Å². The molecule has 0 aromatic heterocycles. The van der Waals surface area contributed by atoms with Gasteiger partial charge in [-0.2, -0.15) is 0 Å². The molecule has 0 atom stereocenters. The molecule has 2 aromatic carbocycles. The molecule has 3 N–H and O–H groups in total. The summed E-state index contributed by atoms with van der Waals surface area (Å²) in [6.45, 7) is 0.698. The summed E-state index contributed by atoms with van der Waals surface area (Å²) in [5.74, 6) is 1.74. The van der Waals surface area contributed by atoms with E-state index in [4.69, 9.17) is 15.2 Å². The van der Waals surface area contributed by atoms with Gasteiger partial charge in [-0.1, -0.05) is 30.3 Å². The number of anilines is 1. The van der Waals surface area contributed by atoms with Gasteiger partial charge in [0.15, 0.2) is 17.5 Å². The average Bonchev–Trinajstić information content (AvgIpc) is 3.42. The number of nitrogens with one attached hydrogen (secondary N) is 1. The van der Waals surface area contributed by atoms with Crippen molar-refractivity contribution in [3.8, 4) is 11.5 Å². The van der Waals surface area contributed by atoms with Crippen molar-refractivity contribution in [1.29, 1.82) is 0 Å². The fourth-order valence-electron chi connectivity index (χ4n) is 2.82. The number of nitrogens with zero attached hydrogens (tertiary/aromatic N) is 1. The van der Waals surface area contributed by atoms with Gasteiger partial charge in [0, 0.05) is 17.2 Å². The normalized spacial score (nSPS) is 15.7. The van der Waals surface area contributed by atoms with Crippen molar-refractivity contribution in [2.45, 2.75) is 18.3 Å². The van der Waals surface area contributed by atoms with Crippen molar-refractivity contribution in [2.75, 3.05) is 26.1 Å². The van der Waals surface area contributed by atoms with Crippen LogP contribution in [0.25, 0.3) is 0 Å². The third-order valence-corrected chi connectivity index (χ3v) is 4.45. The van der Waals surface area contributed by atoms with E-state index in [1.807, 2.05) is 24.3 Å². The number of rotatable bonds is 6. The summed E-state index contributed by atoms with van der Waals surface area (Å²) < 4.78 is 10.5. The van der Waals surface area contributed by atoms with E-state index >= 15 is 0 Å². The molecule has 5 heteroatoms. The highest BCUT2D eigenvalue weighted by atomic mass is 16.5. The molecule has 126 valence electrons. The highest BCUT2D eigenvalue weighted by Gasteiger charge is 2.43. The predicted molar refractivity (Wildman–Crippen MR) is 97.0 cm³/mol. The van der Waals surface area contributed by atoms with Crippen LogP contribution in [0.2, 0.25) is 0 Å². The summed E-state index contributed by atoms with van der Waals surface area (Å²) in [6, 6.07) is 16.1. The van der Waals surface area contributed by atoms with Crippen LogP contribution in [0, 0.1) is 0 Å². The third kappa shape index (κ3) is 3.45. The Bertz CT molecular complexity index is 725. The van der Waals surface area contributed by atoms with Gasteiger partial charge < -0.3 is 20.5 Å². The molecule has 2 aromatic rings. The van der Waals surface area contributed by atoms with Gasteiger partial charge in [-0.25, -0.2) is 0 Å². The lowest BCUT2D eigenvalue weighted by atomic mass is 9.96. The van der Waals surface area contributed by atoms with E-state index in [1.54, 1.807) is 14.2 Å². The Morgan fingerprint density at radius 2 is 1.79 bits per heavy atom. The van der Waals surface area contributed by atoms with Crippen LogP contribution in [0.3, 0.4) is 0 Å². The minimum atomic E-state index is 0.158. The average molecular weight is 325 g/mol. The highest BCUT2D eigenvalue weighted by molar-refractivity contribution is 5.92. The SMILES string of the molecule is COc1ccc(NC(N)=NCC2(c3ccccc3)CC2)cc1OC. The van der Waals surface area contributed by atoms with Crippen molar-refractivity contribution >= 4 is 11.6 Å². The van der Waals surface area contributed by atoms with E-state index < -0.39 is 0 Å². The molecule has 1 aliphatic rings. The number of methoxy groups -OCH3 is 2. The molecule has 0 heterocycles. The second-order valence-corrected chi connectivity index (χ2v) is 6.04. The molecule has 0 saturated heterocycles. The minimum Gasteiger partial charge on any atom is -0.493 e. The largest absolute Gasteiger partial charge is 0.493 e. The van der Waals surface area contributed by atoms with Gasteiger partial charge in [-0.15, -0.1) is 0 Å². The number of guanidine groups is 1. The topological polar surface area (TPSA) is 68.9 Å². The molecule has 5 nitrogen and oxygen atoms in total. The van der Waals surface area contributed by atoms with Gasteiger partial charge in [0.25, 0.3) is 0 Å². The van der Waals surface area contributed by atoms with E-state index in [-0.39, 0.29) is 5.41 Å². The standard InChI is InChI=1S/C19H23N3O2/c1-23-16-9-8-15(12-17(16)24-2)22-18(20)21-13-19(10-11-19)14-6-4-3-5-7-14/h3-9,12H,10-11,13H2,1-2H3,(H3,20,21,22). The van der Waals surface area contributed by atoms with E-state index in [2.05, 4.69) is 34.6 Å². The zero-order valence-corrected chi connectivity index (χ0v) is 14.1. The second-order valence-electron chi connectivity index (χ2n) is 6.04. The van der Waals surface area contributed by atoms with Crippen molar-refractivity contribution in [2.24, 2.45) is 10.7 Å². The first kappa shape index (κ1) is 16.2. The summed E-state index contributed by atoms with van der Waals surface area (Å²) in [6.07, 6.45) is 2.31. The lowest BCUT2D eigenvalue weighted by Gasteiger charge is -2.14. The van der Waals surface area contributed by atoms with Crippen molar-refractivity contribution in [1.82, 2.24) is 0 Å². The third-order valence-electron chi connectivity index (χ3n) is 4.45. The Hall–Kier alpha value is -2.69. The predicted octanol–water partition coefficient (Wildman–Crippen LogP) is 3.16. The number of aliphatic imine (C=N–C) groups is 1. The maximum atomic E-state index is 6.05. The van der Waals surface area contributed by atoms with E-state index in [0.29, 0.717) is 24.0 Å². The fraction of sp³-hybridized carbons (Fsp3) is 0.316. The van der Waals surface area contributed by atoms with Crippen LogP contribution in [-0.2, 0) is 5.41 Å². The molecule has 1 aliphatic carbocycles. The number of ether oxygens (including phenoxy) is 2. The minimum absolute atomic E-state index is 0.158. The first-order valence-electron chi connectivity index (χ1n) is 8.01. The van der Waals surface area contributed by atoms with Gasteiger partial charge in [0.2, 0.25) is 0 Å². The van der Waals surface area contributed by atoms with Crippen LogP contribution < -0.4 is 20.5 Å². The van der Waals surface area contributed by atoms with Crippen LogP contribution in [0.15, 0.2) is 53.5 Å². The monoisotopic (exact) mass is 325 g/mol. The Morgan fingerprint density at radius 1 is 1.08 bits per heavy atom. The van der Waals surface area contributed by atoms with E-state index in [0.717, 1.165) is 18.5 Å². The fourth-order valence-corrected chi connectivity index (χ4v) is 2.82. The maximum absolute atomic E-state index is 6.05. The van der Waals surface area contributed by atoms with Crippen LogP contribution >= 0.6 is 0 Å². The zero-order chi connectivity index (χ0) is 17.0. The molecular weight excluding hydrogens is 302 g/mol. The molecule has 3 rings (SSSR count). The summed E-state index contributed by atoms with van der Waals surface area (Å²) in [4.78, 5) is 4.54. The van der Waals surface area contributed by atoms with Crippen LogP contribution in [0.5, 0.6) is 11.5 Å². The number of hydrogen-bond donors (Lipinski definition) is 2. The smallest absolute Gasteiger partial charge is 0.193 e. The molecule has 0 radical (unpaired) electrons. The van der Waals surface area contributed by atoms with E-state index in [9.17, 15) is 0 Å². The Morgan fingerprint density at radius 3 is 2.42 bits per heavy atom. The lowest BCUT2D eigenvalue weighted by Crippen LogP contribution is -2.25. The Kier molecular flexibility index (Phi) is 4.60. The molecule has 0 aliphatic heterocycles. The quantitative estimate of drug-likeness (QED) is 0.632. The highest BCUT2D eigenvalue weighted by Crippen LogP contribution is 2.48. The number of nitrogens with two attached hydrogens (primary N) is 1. The Balaban J connectivity index is 1.67. The molecule has 1 fully saturated rings. The first-order chi connectivity index (χ1) is 11.7. The molecular formula is C19H23N3O2. The molecule has 1 saturated carbocycles. The lowest BCUT2D eigenvalue weighted by molar-refractivity contribution is 0.355. The molecule has 24 heavy (non-hydrogen) atoms. The van der Waals surface area contributed by atoms with Gasteiger partial charge in [0.1, 0.15) is 0 Å². The van der Waals surface area contributed by atoms with E-state index in [1.165, 1.54) is 5.56 Å². The first-order valence-corrected chi connectivity index (χ1v) is 8.01. The molecule has 0 amide bonds. The second kappa shape index (κ2) is 6.83. The van der Waals surface area contributed by atoms with Crippen LogP contribution in [0.1, 0.15) is 18.4 Å². The number of hydrogen-bond acceptors (Lipinski definition) is 3. The van der Waals surface area contributed by atoms with Crippen molar-refractivity contribution in [3.05, 3.63) is 54.1 Å². The van der Waals surface area contributed by atoms with Crippen LogP contribution in [-0.4, -0.2) is 26.7 Å². The summed E-state index contributed by atoms with van der Waals surface area (Å²) in [5.41, 5.74) is 8.36. The van der Waals surface area contributed by atoms with Crippen molar-refractivity contribution in [3.63, 3.8) is 0 Å². The summed E-state index contributed by atoms with van der Waals surface area (Å²) in [7, 11) is 3.22. The summed E-state index contributed by atoms with van der Waals surface area (Å²) >= 11 is 0. The summed E-state index contributed by atoms with van der Waals surface area (Å²) in [5, 5.41) is 3.11. The van der Waals surface area contributed by atoms with Gasteiger partial charge >= 0.3 is 0 Å². The van der Waals surface area contributed by atoms with Gasteiger partial charge in [-0.3, -0.25) is 4.99 Å².